The first-order chi connectivity index (χ1) is 8.66. The number of benzene rings is 1. The van der Waals surface area contributed by atoms with E-state index in [4.69, 9.17) is 11.6 Å². The minimum absolute atomic E-state index is 0.135. The van der Waals surface area contributed by atoms with Crippen molar-refractivity contribution in [1.82, 2.24) is 10.2 Å². The maximum atomic E-state index is 12.2. The number of amides is 1. The van der Waals surface area contributed by atoms with Crippen LogP contribution in [-0.4, -0.2) is 30.9 Å². The van der Waals surface area contributed by atoms with Crippen LogP contribution in [0.25, 0.3) is 0 Å². The van der Waals surface area contributed by atoms with Gasteiger partial charge in [0.15, 0.2) is 0 Å². The van der Waals surface area contributed by atoms with Gasteiger partial charge in [-0.25, -0.2) is 0 Å². The fourth-order valence-electron chi connectivity index (χ4n) is 2.32. The molecule has 1 aliphatic heterocycles. The monoisotopic (exact) mass is 266 g/mol. The van der Waals surface area contributed by atoms with E-state index in [1.54, 1.807) is 4.90 Å². The third-order valence-corrected chi connectivity index (χ3v) is 3.61. The van der Waals surface area contributed by atoms with Gasteiger partial charge in [-0.15, -0.1) is 0 Å². The summed E-state index contributed by atoms with van der Waals surface area (Å²) >= 11 is 5.84. The minimum atomic E-state index is 0.135. The molecule has 1 saturated heterocycles. The molecule has 3 nitrogen and oxygen atoms in total. The van der Waals surface area contributed by atoms with E-state index in [1.165, 1.54) is 0 Å². The summed E-state index contributed by atoms with van der Waals surface area (Å²) in [6, 6.07) is 7.64. The summed E-state index contributed by atoms with van der Waals surface area (Å²) in [6.45, 7) is 2.49. The van der Waals surface area contributed by atoms with Crippen LogP contribution in [0.4, 0.5) is 0 Å². The summed E-state index contributed by atoms with van der Waals surface area (Å²) in [6.07, 6.45) is 2.09. The van der Waals surface area contributed by atoms with E-state index in [0.717, 1.165) is 36.5 Å². The number of piperidine rings is 1. The first-order valence-corrected chi connectivity index (χ1v) is 6.75. The average Bonchev–Trinajstić information content (AvgIpc) is 2.41. The van der Waals surface area contributed by atoms with Gasteiger partial charge in [0.05, 0.1) is 5.92 Å². The van der Waals surface area contributed by atoms with Gasteiger partial charge in [-0.1, -0.05) is 23.7 Å². The zero-order chi connectivity index (χ0) is 13.0. The van der Waals surface area contributed by atoms with E-state index >= 15 is 0 Å². The van der Waals surface area contributed by atoms with Gasteiger partial charge in [-0.05, 0) is 37.1 Å². The molecule has 1 atom stereocenters. The molecule has 0 radical (unpaired) electrons. The molecule has 2 rings (SSSR count). The van der Waals surface area contributed by atoms with E-state index in [9.17, 15) is 4.79 Å². The summed E-state index contributed by atoms with van der Waals surface area (Å²) in [4.78, 5) is 14.0. The second kappa shape index (κ2) is 6.21. The molecular weight excluding hydrogens is 248 g/mol. The highest BCUT2D eigenvalue weighted by Crippen LogP contribution is 2.15. The molecule has 1 aliphatic rings. The number of hydrogen-bond acceptors (Lipinski definition) is 2. The van der Waals surface area contributed by atoms with Crippen molar-refractivity contribution in [2.45, 2.75) is 19.4 Å². The Hall–Kier alpha value is -1.06. The van der Waals surface area contributed by atoms with Crippen molar-refractivity contribution in [2.24, 2.45) is 5.92 Å². The molecular formula is C14H19ClN2O. The van der Waals surface area contributed by atoms with Crippen LogP contribution in [0.3, 0.4) is 0 Å². The summed E-state index contributed by atoms with van der Waals surface area (Å²) in [5.74, 6) is 0.369. The Morgan fingerprint density at radius 2 is 2.17 bits per heavy atom. The van der Waals surface area contributed by atoms with E-state index in [0.29, 0.717) is 6.54 Å². The van der Waals surface area contributed by atoms with Gasteiger partial charge in [-0.2, -0.15) is 0 Å². The molecule has 0 aromatic heterocycles. The Morgan fingerprint density at radius 3 is 2.78 bits per heavy atom. The van der Waals surface area contributed by atoms with Crippen molar-refractivity contribution in [1.29, 1.82) is 0 Å². The molecule has 1 amide bonds. The van der Waals surface area contributed by atoms with Crippen molar-refractivity contribution in [3.05, 3.63) is 34.9 Å². The lowest BCUT2D eigenvalue weighted by Crippen LogP contribution is -2.41. The Morgan fingerprint density at radius 1 is 1.44 bits per heavy atom. The van der Waals surface area contributed by atoms with Gasteiger partial charge < -0.3 is 10.2 Å². The van der Waals surface area contributed by atoms with Crippen molar-refractivity contribution >= 4 is 17.5 Å². The van der Waals surface area contributed by atoms with Crippen LogP contribution in [0.5, 0.6) is 0 Å². The van der Waals surface area contributed by atoms with Gasteiger partial charge >= 0.3 is 0 Å². The molecule has 1 N–H and O–H groups in total. The first-order valence-electron chi connectivity index (χ1n) is 6.37. The van der Waals surface area contributed by atoms with Crippen LogP contribution in [0.1, 0.15) is 18.4 Å². The van der Waals surface area contributed by atoms with E-state index in [-0.39, 0.29) is 11.8 Å². The summed E-state index contributed by atoms with van der Waals surface area (Å²) < 4.78 is 0. The van der Waals surface area contributed by atoms with Crippen LogP contribution in [0.15, 0.2) is 24.3 Å². The highest BCUT2D eigenvalue weighted by atomic mass is 35.5. The molecule has 18 heavy (non-hydrogen) atoms. The highest BCUT2D eigenvalue weighted by Gasteiger charge is 2.23. The van der Waals surface area contributed by atoms with Gasteiger partial charge in [-0.3, -0.25) is 4.79 Å². The summed E-state index contributed by atoms with van der Waals surface area (Å²) in [5.41, 5.74) is 1.11. The van der Waals surface area contributed by atoms with Crippen molar-refractivity contribution in [2.75, 3.05) is 20.1 Å². The molecule has 0 unspecified atom stereocenters. The molecule has 98 valence electrons. The minimum Gasteiger partial charge on any atom is -0.341 e. The fraction of sp³-hybridized carbons (Fsp3) is 0.500. The Bertz CT molecular complexity index is 399. The fourth-order valence-corrected chi connectivity index (χ4v) is 2.44. The number of carbonyl (C=O) groups is 1. The van der Waals surface area contributed by atoms with E-state index in [1.807, 2.05) is 31.3 Å². The first kappa shape index (κ1) is 13.4. The number of rotatable bonds is 3. The second-order valence-corrected chi connectivity index (χ2v) is 5.30. The normalized spacial score (nSPS) is 19.6. The standard InChI is InChI=1S/C14H19ClN2O/c1-17(10-11-4-6-13(15)7-5-11)14(18)12-3-2-8-16-9-12/h4-7,12,16H,2-3,8-10H2,1H3/t12-/m1/s1. The molecule has 1 aromatic rings. The maximum Gasteiger partial charge on any atom is 0.227 e. The predicted octanol–water partition coefficient (Wildman–Crippen LogP) is 2.30. The van der Waals surface area contributed by atoms with Crippen LogP contribution in [-0.2, 0) is 11.3 Å². The zero-order valence-electron chi connectivity index (χ0n) is 10.7. The SMILES string of the molecule is CN(Cc1ccc(Cl)cc1)C(=O)[C@@H]1CCCNC1. The molecule has 0 spiro atoms. The lowest BCUT2D eigenvalue weighted by Gasteiger charge is -2.27. The number of hydrogen-bond donors (Lipinski definition) is 1. The van der Waals surface area contributed by atoms with Gasteiger partial charge in [0.25, 0.3) is 0 Å². The Balaban J connectivity index is 1.92. The number of carbonyl (C=O) groups excluding carboxylic acids is 1. The van der Waals surface area contributed by atoms with Crippen molar-refractivity contribution in [3.8, 4) is 0 Å². The number of nitrogens with one attached hydrogen (secondary N) is 1. The van der Waals surface area contributed by atoms with E-state index < -0.39 is 0 Å². The molecule has 0 bridgehead atoms. The quantitative estimate of drug-likeness (QED) is 0.911. The van der Waals surface area contributed by atoms with Crippen molar-refractivity contribution in [3.63, 3.8) is 0 Å². The van der Waals surface area contributed by atoms with Crippen molar-refractivity contribution < 1.29 is 4.79 Å². The third-order valence-electron chi connectivity index (χ3n) is 3.36. The highest BCUT2D eigenvalue weighted by molar-refractivity contribution is 6.30. The predicted molar refractivity (Wildman–Crippen MR) is 73.5 cm³/mol. The van der Waals surface area contributed by atoms with Crippen LogP contribution in [0, 0.1) is 5.92 Å². The van der Waals surface area contributed by atoms with Crippen LogP contribution in [0.2, 0.25) is 5.02 Å². The number of nitrogens with zero attached hydrogens (tertiary/aromatic N) is 1. The van der Waals surface area contributed by atoms with Gasteiger partial charge in [0.1, 0.15) is 0 Å². The lowest BCUT2D eigenvalue weighted by molar-refractivity contribution is -0.135. The average molecular weight is 267 g/mol. The zero-order valence-corrected chi connectivity index (χ0v) is 11.4. The summed E-state index contributed by atoms with van der Waals surface area (Å²) in [7, 11) is 1.87. The lowest BCUT2D eigenvalue weighted by atomic mass is 9.98. The van der Waals surface area contributed by atoms with Crippen LogP contribution >= 0.6 is 11.6 Å². The second-order valence-electron chi connectivity index (χ2n) is 4.86. The molecule has 1 aromatic carbocycles. The Labute approximate surface area is 113 Å². The molecule has 1 heterocycles. The topological polar surface area (TPSA) is 32.3 Å². The largest absolute Gasteiger partial charge is 0.341 e. The molecule has 0 saturated carbocycles. The maximum absolute atomic E-state index is 12.2. The smallest absolute Gasteiger partial charge is 0.227 e. The van der Waals surface area contributed by atoms with Gasteiger partial charge in [0, 0.05) is 25.2 Å². The summed E-state index contributed by atoms with van der Waals surface area (Å²) in [5, 5.41) is 4.00. The number of halogens is 1. The molecule has 1 fully saturated rings. The molecule has 0 aliphatic carbocycles. The third kappa shape index (κ3) is 3.47. The Kier molecular flexibility index (Phi) is 4.61. The van der Waals surface area contributed by atoms with E-state index in [2.05, 4.69) is 5.32 Å². The van der Waals surface area contributed by atoms with Crippen LogP contribution < -0.4 is 5.32 Å². The van der Waals surface area contributed by atoms with Gasteiger partial charge in [0.2, 0.25) is 5.91 Å². The molecule has 4 heteroatoms.